The van der Waals surface area contributed by atoms with Gasteiger partial charge in [-0.3, -0.25) is 0 Å². The normalized spacial score (nSPS) is 13.0. The number of nitrogens with zero attached hydrogens (tertiary/aromatic N) is 1. The summed E-state index contributed by atoms with van der Waals surface area (Å²) in [7, 11) is 0. The second kappa shape index (κ2) is 6.40. The number of carbonyl (C=O) groups excluding carboxylic acids is 1. The lowest BCUT2D eigenvalue weighted by Gasteiger charge is -2.20. The summed E-state index contributed by atoms with van der Waals surface area (Å²) in [6, 6.07) is 15.4. The summed E-state index contributed by atoms with van der Waals surface area (Å²) < 4.78 is 19.3. The van der Waals surface area contributed by atoms with Crippen LogP contribution in [-0.2, 0) is 14.9 Å². The van der Waals surface area contributed by atoms with E-state index in [-0.39, 0.29) is 12.2 Å². The molecule has 0 saturated carbocycles. The van der Waals surface area contributed by atoms with Crippen LogP contribution in [0, 0.1) is 17.1 Å². The van der Waals surface area contributed by atoms with Gasteiger partial charge in [0, 0.05) is 5.56 Å². The van der Waals surface area contributed by atoms with Crippen LogP contribution in [0.2, 0.25) is 0 Å². The van der Waals surface area contributed by atoms with Crippen molar-refractivity contribution in [2.75, 3.05) is 6.61 Å². The highest BCUT2D eigenvalue weighted by atomic mass is 19.1. The molecular formula is C18H16FNO2. The van der Waals surface area contributed by atoms with Gasteiger partial charge in [0.2, 0.25) is 0 Å². The van der Waals surface area contributed by atoms with E-state index in [9.17, 15) is 14.4 Å². The van der Waals surface area contributed by atoms with Crippen molar-refractivity contribution in [1.82, 2.24) is 0 Å². The van der Waals surface area contributed by atoms with Crippen LogP contribution in [0.25, 0.3) is 11.1 Å². The van der Waals surface area contributed by atoms with Gasteiger partial charge in [0.1, 0.15) is 5.82 Å². The molecule has 1 atom stereocenters. The highest BCUT2D eigenvalue weighted by molar-refractivity contribution is 5.86. The minimum Gasteiger partial charge on any atom is -0.465 e. The molecule has 0 aliphatic rings. The predicted molar refractivity (Wildman–Crippen MR) is 81.4 cm³/mol. The SMILES string of the molecule is CCOC(=O)C(C)(C#N)c1ccc(-c2ccccc2)c(F)c1. The molecular weight excluding hydrogens is 281 g/mol. The standard InChI is InChI=1S/C18H16FNO2/c1-3-22-17(21)18(2,12-20)14-9-10-15(16(19)11-14)13-7-5-4-6-8-13/h4-11H,3H2,1-2H3. The zero-order chi connectivity index (χ0) is 16.2. The Balaban J connectivity index is 2.45. The van der Waals surface area contributed by atoms with Crippen molar-refractivity contribution >= 4 is 5.97 Å². The third kappa shape index (κ3) is 2.84. The van der Waals surface area contributed by atoms with Gasteiger partial charge in [-0.05, 0) is 31.0 Å². The van der Waals surface area contributed by atoms with Crippen molar-refractivity contribution in [3.05, 3.63) is 59.9 Å². The summed E-state index contributed by atoms with van der Waals surface area (Å²) in [6.45, 7) is 3.26. The number of carbonyl (C=O) groups is 1. The zero-order valence-corrected chi connectivity index (χ0v) is 12.5. The van der Waals surface area contributed by atoms with Crippen molar-refractivity contribution in [1.29, 1.82) is 5.26 Å². The molecule has 0 N–H and O–H groups in total. The summed E-state index contributed by atoms with van der Waals surface area (Å²) in [5.74, 6) is -1.15. The zero-order valence-electron chi connectivity index (χ0n) is 12.5. The number of hydrogen-bond acceptors (Lipinski definition) is 3. The Hall–Kier alpha value is -2.67. The largest absolute Gasteiger partial charge is 0.465 e. The molecule has 0 saturated heterocycles. The lowest BCUT2D eigenvalue weighted by Crippen LogP contribution is -2.33. The van der Waals surface area contributed by atoms with Crippen LogP contribution in [0.1, 0.15) is 19.4 Å². The van der Waals surface area contributed by atoms with Gasteiger partial charge in [0.05, 0.1) is 12.7 Å². The number of benzene rings is 2. The van der Waals surface area contributed by atoms with Gasteiger partial charge in [0.25, 0.3) is 0 Å². The maximum atomic E-state index is 14.4. The lowest BCUT2D eigenvalue weighted by molar-refractivity contribution is -0.147. The van der Waals surface area contributed by atoms with Gasteiger partial charge in [0.15, 0.2) is 5.41 Å². The second-order valence-corrected chi connectivity index (χ2v) is 5.02. The summed E-state index contributed by atoms with van der Waals surface area (Å²) in [6.07, 6.45) is 0. The molecule has 0 heterocycles. The molecule has 0 bridgehead atoms. The number of hydrogen-bond donors (Lipinski definition) is 0. The average Bonchev–Trinajstić information content (AvgIpc) is 2.55. The van der Waals surface area contributed by atoms with E-state index in [1.807, 2.05) is 24.3 Å². The molecule has 0 fully saturated rings. The third-order valence-corrected chi connectivity index (χ3v) is 3.54. The first-order chi connectivity index (χ1) is 10.5. The molecule has 0 aromatic heterocycles. The first kappa shape index (κ1) is 15.7. The molecule has 0 radical (unpaired) electrons. The Labute approximate surface area is 129 Å². The van der Waals surface area contributed by atoms with Crippen LogP contribution < -0.4 is 0 Å². The summed E-state index contributed by atoms with van der Waals surface area (Å²) in [4.78, 5) is 12.0. The fourth-order valence-corrected chi connectivity index (χ4v) is 2.18. The Bertz CT molecular complexity index is 722. The smallest absolute Gasteiger partial charge is 0.330 e. The van der Waals surface area contributed by atoms with Crippen LogP contribution in [0.4, 0.5) is 4.39 Å². The molecule has 0 aliphatic heterocycles. The molecule has 22 heavy (non-hydrogen) atoms. The van der Waals surface area contributed by atoms with Crippen molar-refractivity contribution < 1.29 is 13.9 Å². The fraction of sp³-hybridized carbons (Fsp3) is 0.222. The average molecular weight is 297 g/mol. The first-order valence-electron chi connectivity index (χ1n) is 6.97. The molecule has 0 aliphatic carbocycles. The quantitative estimate of drug-likeness (QED) is 0.806. The maximum Gasteiger partial charge on any atom is 0.330 e. The Morgan fingerprint density at radius 1 is 1.27 bits per heavy atom. The monoisotopic (exact) mass is 297 g/mol. The van der Waals surface area contributed by atoms with Crippen LogP contribution in [0.15, 0.2) is 48.5 Å². The van der Waals surface area contributed by atoms with E-state index in [1.165, 1.54) is 13.0 Å². The van der Waals surface area contributed by atoms with Crippen LogP contribution in [0.3, 0.4) is 0 Å². The number of nitriles is 1. The Morgan fingerprint density at radius 3 is 2.50 bits per heavy atom. The number of halogens is 1. The molecule has 2 aromatic rings. The van der Waals surface area contributed by atoms with E-state index < -0.39 is 17.2 Å². The van der Waals surface area contributed by atoms with E-state index in [2.05, 4.69) is 0 Å². The van der Waals surface area contributed by atoms with Crippen LogP contribution in [0.5, 0.6) is 0 Å². The molecule has 1 unspecified atom stereocenters. The van der Waals surface area contributed by atoms with Gasteiger partial charge in [-0.2, -0.15) is 5.26 Å². The predicted octanol–water partition coefficient (Wildman–Crippen LogP) is 3.84. The molecule has 2 rings (SSSR count). The first-order valence-corrected chi connectivity index (χ1v) is 6.97. The molecule has 4 heteroatoms. The van der Waals surface area contributed by atoms with E-state index in [0.29, 0.717) is 5.56 Å². The van der Waals surface area contributed by atoms with Gasteiger partial charge >= 0.3 is 5.97 Å². The number of rotatable bonds is 4. The molecule has 0 spiro atoms. The third-order valence-electron chi connectivity index (χ3n) is 3.54. The van der Waals surface area contributed by atoms with E-state index in [1.54, 1.807) is 31.2 Å². The Morgan fingerprint density at radius 2 is 1.95 bits per heavy atom. The van der Waals surface area contributed by atoms with Gasteiger partial charge in [-0.25, -0.2) is 9.18 Å². The highest BCUT2D eigenvalue weighted by Gasteiger charge is 2.37. The molecule has 112 valence electrons. The van der Waals surface area contributed by atoms with Gasteiger partial charge < -0.3 is 4.74 Å². The number of esters is 1. The van der Waals surface area contributed by atoms with Crippen LogP contribution in [-0.4, -0.2) is 12.6 Å². The van der Waals surface area contributed by atoms with Crippen molar-refractivity contribution in [2.45, 2.75) is 19.3 Å². The van der Waals surface area contributed by atoms with Crippen molar-refractivity contribution in [2.24, 2.45) is 0 Å². The summed E-state index contributed by atoms with van der Waals surface area (Å²) in [5.41, 5.74) is -0.0769. The fourth-order valence-electron chi connectivity index (χ4n) is 2.18. The van der Waals surface area contributed by atoms with Crippen molar-refractivity contribution in [3.63, 3.8) is 0 Å². The van der Waals surface area contributed by atoms with Gasteiger partial charge in [-0.1, -0.05) is 42.5 Å². The second-order valence-electron chi connectivity index (χ2n) is 5.02. The topological polar surface area (TPSA) is 50.1 Å². The number of ether oxygens (including phenoxy) is 1. The van der Waals surface area contributed by atoms with Crippen molar-refractivity contribution in [3.8, 4) is 17.2 Å². The minimum absolute atomic E-state index is 0.167. The van der Waals surface area contributed by atoms with Crippen LogP contribution >= 0.6 is 0 Å². The summed E-state index contributed by atoms with van der Waals surface area (Å²) in [5, 5.41) is 9.34. The Kier molecular flexibility index (Phi) is 4.57. The molecule has 0 amide bonds. The van der Waals surface area contributed by atoms with Gasteiger partial charge in [-0.15, -0.1) is 0 Å². The summed E-state index contributed by atoms with van der Waals surface area (Å²) >= 11 is 0. The maximum absolute atomic E-state index is 14.4. The highest BCUT2D eigenvalue weighted by Crippen LogP contribution is 2.30. The van der Waals surface area contributed by atoms with E-state index in [0.717, 1.165) is 5.56 Å². The van der Waals surface area contributed by atoms with E-state index in [4.69, 9.17) is 4.74 Å². The molecule has 3 nitrogen and oxygen atoms in total. The van der Waals surface area contributed by atoms with E-state index >= 15 is 0 Å². The lowest BCUT2D eigenvalue weighted by atomic mass is 9.83. The minimum atomic E-state index is -1.52. The molecule has 2 aromatic carbocycles.